The van der Waals surface area contributed by atoms with Crippen molar-refractivity contribution >= 4 is 11.8 Å². The highest BCUT2D eigenvalue weighted by Crippen LogP contribution is 2.31. The first kappa shape index (κ1) is 26.4. The fourth-order valence-corrected chi connectivity index (χ4v) is 4.62. The number of nitrogens with zero attached hydrogens (tertiary/aromatic N) is 3. The molecule has 1 aromatic heterocycles. The number of benzene rings is 2. The number of piperidine rings is 1. The van der Waals surface area contributed by atoms with Crippen molar-refractivity contribution in [1.82, 2.24) is 25.7 Å². The quantitative estimate of drug-likeness (QED) is 0.449. The Bertz CT molecular complexity index is 1190. The first-order valence-corrected chi connectivity index (χ1v) is 12.4. The minimum atomic E-state index is -2.83. The van der Waals surface area contributed by atoms with Gasteiger partial charge in [0.15, 0.2) is 0 Å². The lowest BCUT2D eigenvalue weighted by Gasteiger charge is -2.38. The number of rotatable bonds is 9. The molecule has 8 nitrogen and oxygen atoms in total. The zero-order chi connectivity index (χ0) is 26.4. The van der Waals surface area contributed by atoms with Gasteiger partial charge >= 0.3 is 6.43 Å². The fourth-order valence-electron chi connectivity index (χ4n) is 4.62. The van der Waals surface area contributed by atoms with Gasteiger partial charge in [-0.15, -0.1) is 0 Å². The van der Waals surface area contributed by atoms with Crippen LogP contribution >= 0.6 is 0 Å². The van der Waals surface area contributed by atoms with Gasteiger partial charge in [-0.25, -0.2) is 0 Å². The highest BCUT2D eigenvalue weighted by Gasteiger charge is 2.34. The third-order valence-electron chi connectivity index (χ3n) is 6.75. The summed E-state index contributed by atoms with van der Waals surface area (Å²) in [5, 5.41) is 9.27. The summed E-state index contributed by atoms with van der Waals surface area (Å²) < 4.78 is 29.8. The van der Waals surface area contributed by atoms with Crippen molar-refractivity contribution in [2.45, 2.75) is 57.7 Å². The average Bonchev–Trinajstić information content (AvgIpc) is 3.43. The van der Waals surface area contributed by atoms with E-state index in [0.29, 0.717) is 17.9 Å². The Labute approximate surface area is 214 Å². The van der Waals surface area contributed by atoms with Crippen molar-refractivity contribution < 1.29 is 22.9 Å². The first-order valence-electron chi connectivity index (χ1n) is 12.4. The van der Waals surface area contributed by atoms with Gasteiger partial charge in [0, 0.05) is 12.1 Å². The topological polar surface area (TPSA) is 100 Å². The van der Waals surface area contributed by atoms with E-state index < -0.39 is 18.4 Å². The second kappa shape index (κ2) is 12.1. The molecule has 3 aromatic rings. The Morgan fingerprint density at radius 1 is 1.14 bits per heavy atom. The number of aromatic nitrogens is 2. The van der Waals surface area contributed by atoms with Gasteiger partial charge in [-0.05, 0) is 49.9 Å². The van der Waals surface area contributed by atoms with Gasteiger partial charge in [0.25, 0.3) is 5.89 Å². The van der Waals surface area contributed by atoms with Crippen LogP contribution in [0.4, 0.5) is 8.78 Å². The maximum Gasteiger partial charge on any atom is 0.315 e. The number of nitrogens with one attached hydrogen (secondary N) is 2. The van der Waals surface area contributed by atoms with Crippen molar-refractivity contribution in [1.29, 1.82) is 0 Å². The van der Waals surface area contributed by atoms with E-state index in [4.69, 9.17) is 0 Å². The van der Waals surface area contributed by atoms with Crippen molar-refractivity contribution in [2.24, 2.45) is 0 Å². The second-order valence-corrected chi connectivity index (χ2v) is 9.18. The highest BCUT2D eigenvalue weighted by molar-refractivity contribution is 5.89. The van der Waals surface area contributed by atoms with E-state index in [1.54, 1.807) is 31.2 Å². The third kappa shape index (κ3) is 6.56. The maximum atomic E-state index is 13.2. The molecule has 0 unspecified atom stereocenters. The van der Waals surface area contributed by atoms with Gasteiger partial charge in [0.1, 0.15) is 6.04 Å². The lowest BCUT2D eigenvalue weighted by atomic mass is 9.85. The van der Waals surface area contributed by atoms with Crippen LogP contribution in [0.3, 0.4) is 0 Å². The molecule has 1 fully saturated rings. The predicted molar refractivity (Wildman–Crippen MR) is 134 cm³/mol. The van der Waals surface area contributed by atoms with Crippen molar-refractivity contribution in [3.05, 3.63) is 71.6 Å². The normalized spacial score (nSPS) is 18.9. The molecule has 2 N–H and O–H groups in total. The molecule has 1 aliphatic heterocycles. The summed E-state index contributed by atoms with van der Waals surface area (Å²) in [5.74, 6) is -0.788. The molecule has 196 valence electrons. The molecule has 2 aromatic carbocycles. The van der Waals surface area contributed by atoms with E-state index in [9.17, 15) is 18.4 Å². The molecule has 37 heavy (non-hydrogen) atoms. The van der Waals surface area contributed by atoms with Crippen LogP contribution in [0.25, 0.3) is 11.4 Å². The summed E-state index contributed by atoms with van der Waals surface area (Å²) in [7, 11) is 0. The average molecular weight is 512 g/mol. The minimum Gasteiger partial charge on any atom is -0.350 e. The maximum absolute atomic E-state index is 13.2. The van der Waals surface area contributed by atoms with Crippen LogP contribution < -0.4 is 10.6 Å². The monoisotopic (exact) mass is 511 g/mol. The zero-order valence-corrected chi connectivity index (χ0v) is 20.9. The van der Waals surface area contributed by atoms with Crippen molar-refractivity contribution in [3.63, 3.8) is 0 Å². The molecular formula is C27H31F2N5O3. The largest absolute Gasteiger partial charge is 0.350 e. The molecular weight excluding hydrogens is 480 g/mol. The fraction of sp³-hybridized carbons (Fsp3) is 0.407. The number of carbonyl (C=O) groups is 2. The van der Waals surface area contributed by atoms with Crippen LogP contribution in [0.15, 0.2) is 59.1 Å². The Kier molecular flexibility index (Phi) is 8.60. The van der Waals surface area contributed by atoms with Crippen molar-refractivity contribution in [3.8, 4) is 11.4 Å². The van der Waals surface area contributed by atoms with Gasteiger partial charge < -0.3 is 15.2 Å². The van der Waals surface area contributed by atoms with Crippen LogP contribution in [0, 0.1) is 0 Å². The number of likely N-dealkylation sites (tertiary alicyclic amines) is 1. The minimum absolute atomic E-state index is 0.0700. The number of amides is 2. The van der Waals surface area contributed by atoms with Crippen LogP contribution in [0.1, 0.15) is 56.1 Å². The Morgan fingerprint density at radius 3 is 2.51 bits per heavy atom. The number of carbonyl (C=O) groups excluding carboxylic acids is 2. The van der Waals surface area contributed by atoms with E-state index in [-0.39, 0.29) is 30.2 Å². The van der Waals surface area contributed by atoms with Crippen LogP contribution in [-0.2, 0) is 16.1 Å². The molecule has 1 aliphatic rings. The highest BCUT2D eigenvalue weighted by atomic mass is 19.3. The summed E-state index contributed by atoms with van der Waals surface area (Å²) >= 11 is 0. The predicted octanol–water partition coefficient (Wildman–Crippen LogP) is 4.06. The molecule has 0 spiro atoms. The summed E-state index contributed by atoms with van der Waals surface area (Å²) in [6, 6.07) is 16.1. The molecule has 2 amide bonds. The summed E-state index contributed by atoms with van der Waals surface area (Å²) in [4.78, 5) is 31.7. The SMILES string of the molecule is CCN1CC[C@H](c2ccccc2)C[C@@H]1C(=O)N[C@@H](C)C(=O)NCc1ccc(-c2noc(C(F)F)n2)cc1. The van der Waals surface area contributed by atoms with Crippen molar-refractivity contribution in [2.75, 3.05) is 13.1 Å². The van der Waals surface area contributed by atoms with E-state index in [1.165, 1.54) is 5.56 Å². The standard InChI is InChI=1S/C27H31F2N5O3/c1-3-34-14-13-21(19-7-5-4-6-8-19)15-22(34)26(36)31-17(2)25(35)30-16-18-9-11-20(12-10-18)24-32-27(23(28)29)37-33-24/h4-12,17,21-23H,3,13-16H2,1-2H3,(H,30,35)(H,31,36)/t17-,21-,22+/m0/s1. The number of likely N-dealkylation sites (N-methyl/N-ethyl adjacent to an activating group) is 1. The third-order valence-corrected chi connectivity index (χ3v) is 6.75. The van der Waals surface area contributed by atoms with Crippen LogP contribution in [0.5, 0.6) is 0 Å². The van der Waals surface area contributed by atoms with Gasteiger partial charge in [-0.3, -0.25) is 14.5 Å². The van der Waals surface area contributed by atoms with E-state index in [1.807, 2.05) is 25.1 Å². The lowest BCUT2D eigenvalue weighted by Crippen LogP contribution is -2.54. The molecule has 3 atom stereocenters. The molecule has 10 heteroatoms. The van der Waals surface area contributed by atoms with Crippen LogP contribution in [-0.4, -0.2) is 52.0 Å². The molecule has 0 aliphatic carbocycles. The van der Waals surface area contributed by atoms with Gasteiger partial charge in [-0.1, -0.05) is 66.7 Å². The number of halogens is 2. The van der Waals surface area contributed by atoms with Gasteiger partial charge in [0.2, 0.25) is 17.6 Å². The Balaban J connectivity index is 1.29. The van der Waals surface area contributed by atoms with E-state index in [2.05, 4.69) is 42.3 Å². The van der Waals surface area contributed by atoms with Gasteiger partial charge in [0.05, 0.1) is 6.04 Å². The second-order valence-electron chi connectivity index (χ2n) is 9.18. The van der Waals surface area contributed by atoms with Gasteiger partial charge in [-0.2, -0.15) is 13.8 Å². The number of hydrogen-bond donors (Lipinski definition) is 2. The molecule has 1 saturated heterocycles. The molecule has 2 heterocycles. The van der Waals surface area contributed by atoms with E-state index >= 15 is 0 Å². The zero-order valence-electron chi connectivity index (χ0n) is 20.9. The first-order chi connectivity index (χ1) is 17.9. The molecule has 0 saturated carbocycles. The Morgan fingerprint density at radius 2 is 1.86 bits per heavy atom. The Hall–Kier alpha value is -3.66. The number of alkyl halides is 2. The smallest absolute Gasteiger partial charge is 0.315 e. The van der Waals surface area contributed by atoms with E-state index in [0.717, 1.165) is 25.1 Å². The molecule has 4 rings (SSSR count). The summed E-state index contributed by atoms with van der Waals surface area (Å²) in [5.41, 5.74) is 2.55. The summed E-state index contributed by atoms with van der Waals surface area (Å²) in [6.45, 7) is 5.55. The molecule has 0 bridgehead atoms. The van der Waals surface area contributed by atoms with Crippen LogP contribution in [0.2, 0.25) is 0 Å². The summed E-state index contributed by atoms with van der Waals surface area (Å²) in [6.07, 6.45) is -1.12. The lowest BCUT2D eigenvalue weighted by molar-refractivity contribution is -0.132. The molecule has 0 radical (unpaired) electrons. The number of hydrogen-bond acceptors (Lipinski definition) is 6.